The fourth-order valence-electron chi connectivity index (χ4n) is 3.60. The van der Waals surface area contributed by atoms with Crippen molar-refractivity contribution in [3.8, 4) is 0 Å². The summed E-state index contributed by atoms with van der Waals surface area (Å²) in [5, 5.41) is 16.7. The number of amides is 3. The molecule has 0 fully saturated rings. The van der Waals surface area contributed by atoms with Crippen LogP contribution in [0.3, 0.4) is 0 Å². The van der Waals surface area contributed by atoms with Crippen LogP contribution in [0.15, 0.2) is 46.0 Å². The quantitative estimate of drug-likeness (QED) is 0.209. The number of nitrogens with one attached hydrogen (secondary N) is 4. The third-order valence-corrected chi connectivity index (χ3v) is 5.56. The minimum Gasteiger partial charge on any atom is -0.480 e. The predicted molar refractivity (Wildman–Crippen MR) is 133 cm³/mol. The van der Waals surface area contributed by atoms with Gasteiger partial charge in [-0.1, -0.05) is 0 Å². The molecule has 2 heterocycles. The first-order valence-electron chi connectivity index (χ1n) is 11.6. The second-order valence-electron chi connectivity index (χ2n) is 8.04. The first-order valence-corrected chi connectivity index (χ1v) is 11.6. The zero-order chi connectivity index (χ0) is 26.9. The normalized spacial score (nSPS) is 11.5. The third kappa shape index (κ3) is 7.16. The number of benzene rings is 1. The zero-order valence-electron chi connectivity index (χ0n) is 20.4. The summed E-state index contributed by atoms with van der Waals surface area (Å²) in [5.74, 6) is -3.50. The number of hydrogen-bond acceptors (Lipinski definition) is 8. The van der Waals surface area contributed by atoms with Crippen LogP contribution in [-0.2, 0) is 20.8 Å². The van der Waals surface area contributed by atoms with Gasteiger partial charge in [0.25, 0.3) is 5.91 Å². The average molecular weight is 513 g/mol. The Bertz CT molecular complexity index is 1330. The summed E-state index contributed by atoms with van der Waals surface area (Å²) in [7, 11) is 0. The van der Waals surface area contributed by atoms with E-state index in [2.05, 4.69) is 30.8 Å². The highest BCUT2D eigenvalue weighted by Crippen LogP contribution is 2.21. The molecular formula is C24H28N6O7. The van der Waals surface area contributed by atoms with Crippen LogP contribution in [-0.4, -0.2) is 71.0 Å². The largest absolute Gasteiger partial charge is 0.480 e. The minimum atomic E-state index is -1.25. The molecule has 13 heteroatoms. The third-order valence-electron chi connectivity index (χ3n) is 5.56. The fraction of sp³-hybridized carbons (Fsp3) is 0.333. The molecule has 0 saturated heterocycles. The summed E-state index contributed by atoms with van der Waals surface area (Å²) in [6, 6.07) is 5.50. The Hall–Kier alpha value is -4.68. The smallest absolute Gasteiger partial charge is 0.349 e. The lowest BCUT2D eigenvalue weighted by atomic mass is 10.1. The maximum absolute atomic E-state index is 12.5. The molecule has 3 aromatic rings. The highest BCUT2D eigenvalue weighted by molar-refractivity contribution is 5.99. The molecule has 0 aliphatic heterocycles. The Labute approximate surface area is 211 Å². The monoisotopic (exact) mass is 512 g/mol. The molecular weight excluding hydrogens is 484 g/mol. The van der Waals surface area contributed by atoms with Gasteiger partial charge in [-0.05, 0) is 32.0 Å². The number of H-pyrrole nitrogens is 1. The van der Waals surface area contributed by atoms with E-state index >= 15 is 0 Å². The second kappa shape index (κ2) is 12.3. The van der Waals surface area contributed by atoms with Crippen LogP contribution in [0, 0.1) is 0 Å². The number of aliphatic carboxylic acids is 1. The molecule has 196 valence electrons. The van der Waals surface area contributed by atoms with E-state index in [0.717, 1.165) is 18.8 Å². The second-order valence-corrected chi connectivity index (χ2v) is 8.04. The van der Waals surface area contributed by atoms with Gasteiger partial charge in [-0.3, -0.25) is 14.4 Å². The Morgan fingerprint density at radius 2 is 1.81 bits per heavy atom. The maximum atomic E-state index is 12.5. The van der Waals surface area contributed by atoms with Crippen LogP contribution in [0.5, 0.6) is 0 Å². The molecule has 13 nitrogen and oxygen atoms in total. The number of carboxylic acids is 1. The molecule has 2 aromatic heterocycles. The van der Waals surface area contributed by atoms with E-state index in [0.29, 0.717) is 16.7 Å². The van der Waals surface area contributed by atoms with Crippen molar-refractivity contribution in [1.82, 2.24) is 25.9 Å². The van der Waals surface area contributed by atoms with Crippen LogP contribution in [0.4, 0.5) is 5.69 Å². The van der Waals surface area contributed by atoms with Gasteiger partial charge in [0.1, 0.15) is 17.2 Å². The summed E-state index contributed by atoms with van der Waals surface area (Å²) in [5.41, 5.74) is 0.619. The Balaban J connectivity index is 1.53. The van der Waals surface area contributed by atoms with Crippen LogP contribution in [0.25, 0.3) is 11.0 Å². The molecule has 0 spiro atoms. The Morgan fingerprint density at radius 1 is 1.08 bits per heavy atom. The molecule has 0 aliphatic carbocycles. The van der Waals surface area contributed by atoms with Gasteiger partial charge in [0.2, 0.25) is 11.8 Å². The van der Waals surface area contributed by atoms with Crippen molar-refractivity contribution in [2.45, 2.75) is 26.3 Å². The number of carbonyl (C=O) groups is 4. The number of nitrogens with zero attached hydrogens (tertiary/aromatic N) is 2. The first kappa shape index (κ1) is 26.9. The van der Waals surface area contributed by atoms with Gasteiger partial charge in [-0.2, -0.15) is 0 Å². The fourth-order valence-corrected chi connectivity index (χ4v) is 3.60. The Morgan fingerprint density at radius 3 is 2.46 bits per heavy atom. The molecule has 5 N–H and O–H groups in total. The van der Waals surface area contributed by atoms with Crippen LogP contribution in [0.2, 0.25) is 0 Å². The molecule has 0 unspecified atom stereocenters. The van der Waals surface area contributed by atoms with Crippen LogP contribution < -0.4 is 26.5 Å². The summed E-state index contributed by atoms with van der Waals surface area (Å²) in [6.07, 6.45) is 2.80. The number of hydrogen-bond donors (Lipinski definition) is 5. The van der Waals surface area contributed by atoms with Crippen molar-refractivity contribution in [2.75, 3.05) is 31.1 Å². The summed E-state index contributed by atoms with van der Waals surface area (Å²) in [4.78, 5) is 69.0. The van der Waals surface area contributed by atoms with Gasteiger partial charge < -0.3 is 35.4 Å². The molecule has 0 saturated carbocycles. The van der Waals surface area contributed by atoms with E-state index < -0.39 is 48.4 Å². The van der Waals surface area contributed by atoms with Gasteiger partial charge in [-0.15, -0.1) is 0 Å². The number of aromatic nitrogens is 2. The lowest BCUT2D eigenvalue weighted by Gasteiger charge is -2.21. The van der Waals surface area contributed by atoms with E-state index in [1.807, 2.05) is 19.9 Å². The van der Waals surface area contributed by atoms with Crippen molar-refractivity contribution in [2.24, 2.45) is 0 Å². The highest BCUT2D eigenvalue weighted by atomic mass is 16.4. The molecule has 1 aromatic carbocycles. The summed E-state index contributed by atoms with van der Waals surface area (Å²) < 4.78 is 5.32. The average Bonchev–Trinajstić information content (AvgIpc) is 3.39. The van der Waals surface area contributed by atoms with Gasteiger partial charge in [0.05, 0.1) is 19.4 Å². The zero-order valence-corrected chi connectivity index (χ0v) is 20.4. The molecule has 3 amide bonds. The molecule has 3 rings (SSSR count). The summed E-state index contributed by atoms with van der Waals surface area (Å²) in [6.45, 7) is 4.56. The van der Waals surface area contributed by atoms with E-state index in [-0.39, 0.29) is 12.0 Å². The summed E-state index contributed by atoms with van der Waals surface area (Å²) >= 11 is 0. The number of carboxylic acid groups (broad SMARTS) is 1. The number of imidazole rings is 1. The van der Waals surface area contributed by atoms with Gasteiger partial charge in [0.15, 0.2) is 0 Å². The number of fused-ring (bicyclic) bond motifs is 1. The van der Waals surface area contributed by atoms with Crippen molar-refractivity contribution >= 4 is 40.3 Å². The number of anilines is 1. The van der Waals surface area contributed by atoms with Gasteiger partial charge >= 0.3 is 11.6 Å². The number of carbonyl (C=O) groups excluding carboxylic acids is 3. The van der Waals surface area contributed by atoms with E-state index in [1.165, 1.54) is 18.6 Å². The van der Waals surface area contributed by atoms with Crippen molar-refractivity contribution in [3.63, 3.8) is 0 Å². The lowest BCUT2D eigenvalue weighted by Crippen LogP contribution is -2.48. The van der Waals surface area contributed by atoms with Crippen molar-refractivity contribution in [3.05, 3.63) is 58.5 Å². The van der Waals surface area contributed by atoms with Crippen molar-refractivity contribution < 1.29 is 28.7 Å². The van der Waals surface area contributed by atoms with Gasteiger partial charge in [0, 0.05) is 48.5 Å². The minimum absolute atomic E-state index is 0.0177. The van der Waals surface area contributed by atoms with Gasteiger partial charge in [-0.25, -0.2) is 14.6 Å². The molecule has 1 atom stereocenters. The standard InChI is InChI=1S/C24H28N6O7/c1-3-30(4-2)16-6-5-14-7-17(24(36)37-19(14)9-16)22(33)27-11-20(31)26-12-21(32)29-18(23(34)35)8-15-10-25-13-28-15/h5-7,9-10,13,18H,3-4,8,11-12H2,1-2H3,(H,25,28)(H,26,31)(H,27,33)(H,29,32)(H,34,35)/t18-/m0/s1. The molecule has 0 radical (unpaired) electrons. The predicted octanol–water partition coefficient (Wildman–Crippen LogP) is 0.0204. The van der Waals surface area contributed by atoms with Crippen molar-refractivity contribution in [1.29, 1.82) is 0 Å². The van der Waals surface area contributed by atoms with E-state index in [1.54, 1.807) is 12.1 Å². The van der Waals surface area contributed by atoms with E-state index in [9.17, 15) is 29.1 Å². The highest BCUT2D eigenvalue weighted by Gasteiger charge is 2.21. The Kier molecular flexibility index (Phi) is 8.97. The molecule has 37 heavy (non-hydrogen) atoms. The lowest BCUT2D eigenvalue weighted by molar-refractivity contribution is -0.141. The number of aromatic amines is 1. The topological polar surface area (TPSA) is 187 Å². The van der Waals surface area contributed by atoms with Crippen LogP contribution >= 0.6 is 0 Å². The van der Waals surface area contributed by atoms with Crippen LogP contribution in [0.1, 0.15) is 29.9 Å². The first-order chi connectivity index (χ1) is 17.7. The molecule has 0 bridgehead atoms. The SMILES string of the molecule is CCN(CC)c1ccc2cc(C(=O)NCC(=O)NCC(=O)N[C@@H](Cc3cnc[nH]3)C(=O)O)c(=O)oc2c1. The molecule has 0 aliphatic rings. The number of rotatable bonds is 12. The van der Waals surface area contributed by atoms with E-state index in [4.69, 9.17) is 4.42 Å². The maximum Gasteiger partial charge on any atom is 0.349 e.